The van der Waals surface area contributed by atoms with E-state index in [1.54, 1.807) is 76.9 Å². The van der Waals surface area contributed by atoms with Crippen molar-refractivity contribution in [2.24, 2.45) is 0 Å². The average molecular weight is 500 g/mol. The molecule has 0 fully saturated rings. The van der Waals surface area contributed by atoms with E-state index in [9.17, 15) is 13.0 Å². The Morgan fingerprint density at radius 2 is 1.88 bits per heavy atom. The molecular formula is C24H28N4O4PS+. The van der Waals surface area contributed by atoms with Gasteiger partial charge in [-0.1, -0.05) is 12.1 Å². The highest BCUT2D eigenvalue weighted by Gasteiger charge is 2.32. The molecule has 0 saturated heterocycles. The zero-order valence-electron chi connectivity index (χ0n) is 19.8. The molecule has 2 aromatic carbocycles. The van der Waals surface area contributed by atoms with Crippen LogP contribution >= 0.6 is 7.14 Å². The molecule has 1 aromatic heterocycles. The largest absolute Gasteiger partial charge is 0.495 e. The molecule has 2 heterocycles. The first-order chi connectivity index (χ1) is 16.0. The SMILES string of the molecule is COc1cc(P(C)(C)=O)ccc1Nc1ncc2c(n1)[N+](c1ccccc1S(=O)(=O)C(C)C)=CC2. The summed E-state index contributed by atoms with van der Waals surface area (Å²) in [5, 5.41) is 3.34. The predicted octanol–water partition coefficient (Wildman–Crippen LogP) is 4.12. The molecule has 4 rings (SSSR count). The minimum atomic E-state index is -3.49. The van der Waals surface area contributed by atoms with E-state index in [1.165, 1.54) is 0 Å². The van der Waals surface area contributed by atoms with Gasteiger partial charge in [0.1, 0.15) is 17.8 Å². The predicted molar refractivity (Wildman–Crippen MR) is 137 cm³/mol. The molecule has 0 aliphatic carbocycles. The molecule has 0 saturated carbocycles. The fourth-order valence-electron chi connectivity index (χ4n) is 3.69. The van der Waals surface area contributed by atoms with Gasteiger partial charge < -0.3 is 9.30 Å². The zero-order valence-corrected chi connectivity index (χ0v) is 21.5. The van der Waals surface area contributed by atoms with Crippen molar-refractivity contribution in [1.29, 1.82) is 0 Å². The molecule has 0 radical (unpaired) electrons. The molecular weight excluding hydrogens is 471 g/mol. The van der Waals surface area contributed by atoms with E-state index in [2.05, 4.69) is 15.3 Å². The normalized spacial score (nSPS) is 13.5. The molecule has 34 heavy (non-hydrogen) atoms. The Labute approximate surface area is 200 Å². The third-order valence-corrected chi connectivity index (χ3v) is 9.39. The number of para-hydroxylation sites is 1. The molecule has 0 spiro atoms. The highest BCUT2D eigenvalue weighted by molar-refractivity contribution is 7.92. The van der Waals surface area contributed by atoms with E-state index in [-0.39, 0.29) is 4.90 Å². The molecule has 1 aliphatic heterocycles. The van der Waals surface area contributed by atoms with Gasteiger partial charge in [0.2, 0.25) is 0 Å². The van der Waals surface area contributed by atoms with Crippen LogP contribution in [0.5, 0.6) is 5.75 Å². The van der Waals surface area contributed by atoms with Crippen LogP contribution < -0.4 is 19.9 Å². The lowest BCUT2D eigenvalue weighted by atomic mass is 10.2. The van der Waals surface area contributed by atoms with Gasteiger partial charge in [-0.05, 0) is 62.5 Å². The monoisotopic (exact) mass is 499 g/mol. The maximum absolute atomic E-state index is 13.0. The lowest BCUT2D eigenvalue weighted by Crippen LogP contribution is -2.17. The van der Waals surface area contributed by atoms with E-state index in [0.717, 1.165) is 5.56 Å². The van der Waals surface area contributed by atoms with E-state index in [0.29, 0.717) is 40.6 Å². The van der Waals surface area contributed by atoms with Crippen molar-refractivity contribution in [2.45, 2.75) is 30.4 Å². The van der Waals surface area contributed by atoms with Gasteiger partial charge in [-0.2, -0.15) is 9.56 Å². The van der Waals surface area contributed by atoms with E-state index in [4.69, 9.17) is 4.74 Å². The van der Waals surface area contributed by atoms with Crippen molar-refractivity contribution in [1.82, 2.24) is 14.5 Å². The maximum atomic E-state index is 13.0. The van der Waals surface area contributed by atoms with Gasteiger partial charge in [-0.25, -0.2) is 8.42 Å². The summed E-state index contributed by atoms with van der Waals surface area (Å²) in [6.45, 7) is 6.76. The number of aromatic nitrogens is 2. The van der Waals surface area contributed by atoms with Crippen LogP contribution in [-0.2, 0) is 20.8 Å². The maximum Gasteiger partial charge on any atom is 0.343 e. The smallest absolute Gasteiger partial charge is 0.343 e. The molecule has 3 aromatic rings. The summed E-state index contributed by atoms with van der Waals surface area (Å²) in [7, 11) is -4.38. The number of sulfone groups is 1. The van der Waals surface area contributed by atoms with Crippen LogP contribution in [-0.4, -0.2) is 50.3 Å². The second kappa shape index (κ2) is 8.96. The summed E-state index contributed by atoms with van der Waals surface area (Å²) in [6, 6.07) is 12.3. The quantitative estimate of drug-likeness (QED) is 0.385. The molecule has 178 valence electrons. The van der Waals surface area contributed by atoms with E-state index in [1.807, 2.05) is 16.9 Å². The van der Waals surface area contributed by atoms with E-state index < -0.39 is 22.2 Å². The van der Waals surface area contributed by atoms with Gasteiger partial charge in [0.05, 0.1) is 29.8 Å². The number of hydrogen-bond donors (Lipinski definition) is 1. The first-order valence-corrected chi connectivity index (χ1v) is 15.0. The number of anilines is 2. The highest BCUT2D eigenvalue weighted by Crippen LogP contribution is 2.38. The van der Waals surface area contributed by atoms with Crippen molar-refractivity contribution in [2.75, 3.05) is 25.8 Å². The van der Waals surface area contributed by atoms with Crippen molar-refractivity contribution in [3.05, 3.63) is 54.2 Å². The summed E-state index contributed by atoms with van der Waals surface area (Å²) in [5.41, 5.74) is 2.08. The Kier molecular flexibility index (Phi) is 6.36. The van der Waals surface area contributed by atoms with Crippen LogP contribution in [0.2, 0.25) is 0 Å². The Hall–Kier alpha value is -3.03. The number of benzene rings is 2. The number of ether oxygens (including phenoxy) is 1. The molecule has 0 amide bonds. The van der Waals surface area contributed by atoms with Crippen LogP contribution in [0.4, 0.5) is 23.1 Å². The number of nitrogens with one attached hydrogen (secondary N) is 1. The lowest BCUT2D eigenvalue weighted by Gasteiger charge is -2.13. The Bertz CT molecular complexity index is 1450. The second-order valence-corrected chi connectivity index (χ2v) is 14.4. The molecule has 10 heteroatoms. The van der Waals surface area contributed by atoms with Crippen molar-refractivity contribution in [3.8, 4) is 5.75 Å². The lowest BCUT2D eigenvalue weighted by molar-refractivity contribution is 0.417. The molecule has 8 nitrogen and oxygen atoms in total. The van der Waals surface area contributed by atoms with Gasteiger partial charge in [0, 0.05) is 17.9 Å². The summed E-state index contributed by atoms with van der Waals surface area (Å²) >= 11 is 0. The van der Waals surface area contributed by atoms with Crippen LogP contribution in [0.3, 0.4) is 0 Å². The van der Waals surface area contributed by atoms with Gasteiger partial charge >= 0.3 is 11.8 Å². The summed E-state index contributed by atoms with van der Waals surface area (Å²) in [5.74, 6) is 1.49. The standard InChI is InChI=1S/C24H28N4O4PS/c1-16(2)34(30,31)22-9-7-6-8-20(22)28-13-12-17-15-25-24(27-23(17)28)26-19-11-10-18(33(4,5)29)14-21(19)32-3/h6-11,13-16H,12H2,1-5H3,(H,25,26,27)/q+1. The van der Waals surface area contributed by atoms with Crippen molar-refractivity contribution < 1.29 is 17.7 Å². The second-order valence-electron chi connectivity index (χ2n) is 8.72. The van der Waals surface area contributed by atoms with Crippen LogP contribution in [0.25, 0.3) is 0 Å². The number of rotatable bonds is 7. The summed E-state index contributed by atoms with van der Waals surface area (Å²) in [6.07, 6.45) is 4.23. The third-order valence-electron chi connectivity index (χ3n) is 5.67. The Morgan fingerprint density at radius 1 is 1.15 bits per heavy atom. The first-order valence-electron chi connectivity index (χ1n) is 10.8. The van der Waals surface area contributed by atoms with Gasteiger partial charge in [-0.15, -0.1) is 0 Å². The topological polar surface area (TPSA) is 101 Å². The van der Waals surface area contributed by atoms with E-state index >= 15 is 0 Å². The molecule has 0 unspecified atom stereocenters. The van der Waals surface area contributed by atoms with Gasteiger partial charge in [0.25, 0.3) is 0 Å². The molecule has 1 N–H and O–H groups in total. The average Bonchev–Trinajstić information content (AvgIpc) is 3.21. The van der Waals surface area contributed by atoms with Crippen LogP contribution in [0, 0.1) is 0 Å². The zero-order chi connectivity index (χ0) is 24.7. The van der Waals surface area contributed by atoms with Gasteiger partial charge in [-0.3, -0.25) is 5.32 Å². The number of nitrogens with zero attached hydrogens (tertiary/aromatic N) is 3. The number of fused-ring (bicyclic) bond motifs is 1. The van der Waals surface area contributed by atoms with Crippen molar-refractivity contribution in [3.63, 3.8) is 0 Å². The number of methoxy groups -OCH3 is 1. The van der Waals surface area contributed by atoms with Crippen molar-refractivity contribution >= 4 is 51.6 Å². The van der Waals surface area contributed by atoms with Crippen LogP contribution in [0.1, 0.15) is 19.4 Å². The van der Waals surface area contributed by atoms with Crippen LogP contribution in [0.15, 0.2) is 53.6 Å². The fourth-order valence-corrected chi connectivity index (χ4v) is 5.78. The summed E-state index contributed by atoms with van der Waals surface area (Å²) < 4.78 is 45.7. The summed E-state index contributed by atoms with van der Waals surface area (Å²) in [4.78, 5) is 9.38. The third kappa shape index (κ3) is 4.50. The molecule has 0 atom stereocenters. The minimum absolute atomic E-state index is 0.267. The fraction of sp³-hybridized carbons (Fsp3) is 0.292. The Morgan fingerprint density at radius 3 is 2.56 bits per heavy atom. The highest BCUT2D eigenvalue weighted by atomic mass is 32.2. The van der Waals surface area contributed by atoms with Gasteiger partial charge in [0.15, 0.2) is 15.5 Å². The Balaban J connectivity index is 1.72. The first kappa shape index (κ1) is 24.1. The number of hydrogen-bond acceptors (Lipinski definition) is 7. The molecule has 0 bridgehead atoms. The molecule has 1 aliphatic rings. The minimum Gasteiger partial charge on any atom is -0.495 e.